The number of aromatic nitrogens is 6. The maximum atomic E-state index is 11.5. The average molecular weight is 460 g/mol. The standard InChI is InChI=1S/C23H25N9O2/c33-20-18(27-23(34)29-20)11-15-12-24-32-19(15)28-21(30-22(32)26-16-6-7-16)25-17-5-3-4-14(10-17)13-31-8-1-2-9-31/h3-5,10-12,16,33H,1-2,6-9,13H2,(H,25,26,30)(H2,27,29,34)/b15-11-. The van der Waals surface area contributed by atoms with Crippen molar-refractivity contribution in [2.75, 3.05) is 18.4 Å². The van der Waals surface area contributed by atoms with Crippen LogP contribution in [0.2, 0.25) is 0 Å². The summed E-state index contributed by atoms with van der Waals surface area (Å²) in [6, 6.07) is 8.53. The molecule has 2 fully saturated rings. The molecule has 0 radical (unpaired) electrons. The zero-order valence-corrected chi connectivity index (χ0v) is 18.5. The molecule has 4 aromatic rings. The van der Waals surface area contributed by atoms with E-state index in [2.05, 4.69) is 47.4 Å². The van der Waals surface area contributed by atoms with E-state index in [0.29, 0.717) is 22.4 Å². The fourth-order valence-electron chi connectivity index (χ4n) is 4.21. The number of aromatic amines is 2. The van der Waals surface area contributed by atoms with Crippen molar-refractivity contribution in [1.29, 1.82) is 0 Å². The summed E-state index contributed by atoms with van der Waals surface area (Å²) >= 11 is 0. The molecule has 4 heterocycles. The van der Waals surface area contributed by atoms with Crippen LogP contribution in [0.3, 0.4) is 0 Å². The van der Waals surface area contributed by atoms with Crippen molar-refractivity contribution in [1.82, 2.24) is 34.4 Å². The largest absolute Gasteiger partial charge is 0.493 e. The number of rotatable bonds is 6. The van der Waals surface area contributed by atoms with Gasteiger partial charge in [-0.1, -0.05) is 12.1 Å². The highest BCUT2D eigenvalue weighted by molar-refractivity contribution is 5.59. The van der Waals surface area contributed by atoms with Gasteiger partial charge < -0.3 is 15.4 Å². The Morgan fingerprint density at radius 2 is 2.06 bits per heavy atom. The van der Waals surface area contributed by atoms with E-state index < -0.39 is 5.69 Å². The number of likely N-dealkylation sites (tertiary alicyclic amines) is 1. The molecule has 1 saturated carbocycles. The van der Waals surface area contributed by atoms with Crippen molar-refractivity contribution in [3.8, 4) is 5.88 Å². The Balaban J connectivity index is 1.39. The fourth-order valence-corrected chi connectivity index (χ4v) is 4.21. The molecule has 1 saturated heterocycles. The first-order chi connectivity index (χ1) is 16.6. The third-order valence-electron chi connectivity index (χ3n) is 6.05. The van der Waals surface area contributed by atoms with Gasteiger partial charge in [0, 0.05) is 17.5 Å². The van der Waals surface area contributed by atoms with Crippen LogP contribution in [0.1, 0.15) is 36.9 Å². The summed E-state index contributed by atoms with van der Waals surface area (Å²) in [6.45, 7) is 3.22. The molecule has 6 rings (SSSR count). The molecule has 0 spiro atoms. The molecule has 34 heavy (non-hydrogen) atoms. The number of aromatic hydroxyl groups is 1. The summed E-state index contributed by atoms with van der Waals surface area (Å²) in [6.07, 6.45) is 7.82. The summed E-state index contributed by atoms with van der Waals surface area (Å²) in [5.74, 6) is 0.168. The lowest BCUT2D eigenvalue weighted by Crippen LogP contribution is -2.24. The Labute approximate surface area is 193 Å². The smallest absolute Gasteiger partial charge is 0.326 e. The first kappa shape index (κ1) is 20.6. The van der Waals surface area contributed by atoms with Crippen LogP contribution in [0.5, 0.6) is 5.88 Å². The third-order valence-corrected chi connectivity index (χ3v) is 6.05. The second-order valence-electron chi connectivity index (χ2n) is 8.84. The predicted octanol–water partition coefficient (Wildman–Crippen LogP) is 0.796. The van der Waals surface area contributed by atoms with E-state index in [1.165, 1.54) is 18.4 Å². The molecule has 11 heteroatoms. The first-order valence-corrected chi connectivity index (χ1v) is 11.5. The van der Waals surface area contributed by atoms with Crippen molar-refractivity contribution in [3.05, 3.63) is 63.0 Å². The van der Waals surface area contributed by atoms with E-state index in [0.717, 1.165) is 38.2 Å². The van der Waals surface area contributed by atoms with Crippen LogP contribution in [-0.2, 0) is 6.54 Å². The SMILES string of the molecule is O=c1[nH]c(O)c(/C=c2/cnn3c(=NC4CC4)nc(Nc4cccc(CN5CCCC5)c4)nc23)[nH]1. The fraction of sp³-hybridized carbons (Fsp3) is 0.348. The van der Waals surface area contributed by atoms with E-state index >= 15 is 0 Å². The molecule has 174 valence electrons. The topological polar surface area (TPSA) is 140 Å². The van der Waals surface area contributed by atoms with Gasteiger partial charge in [-0.15, -0.1) is 0 Å². The number of fused-ring (bicyclic) bond motifs is 1. The van der Waals surface area contributed by atoms with Crippen molar-refractivity contribution in [3.63, 3.8) is 0 Å². The number of imidazole rings is 1. The van der Waals surface area contributed by atoms with E-state index in [1.54, 1.807) is 16.8 Å². The quantitative estimate of drug-likeness (QED) is 0.334. The molecule has 1 aliphatic carbocycles. The molecule has 0 amide bonds. The summed E-state index contributed by atoms with van der Waals surface area (Å²) in [7, 11) is 0. The monoisotopic (exact) mass is 459 g/mol. The molecule has 1 aliphatic heterocycles. The van der Waals surface area contributed by atoms with Crippen LogP contribution in [0.25, 0.3) is 11.7 Å². The molecule has 4 N–H and O–H groups in total. The number of anilines is 2. The maximum absolute atomic E-state index is 11.5. The minimum atomic E-state index is -0.490. The second-order valence-corrected chi connectivity index (χ2v) is 8.84. The number of hydrogen-bond acceptors (Lipinski definition) is 8. The number of hydrogen-bond donors (Lipinski definition) is 4. The lowest BCUT2D eigenvalue weighted by molar-refractivity contribution is 0.331. The number of benzene rings is 1. The molecule has 0 unspecified atom stereocenters. The molecule has 0 bridgehead atoms. The predicted molar refractivity (Wildman–Crippen MR) is 125 cm³/mol. The molecule has 3 aromatic heterocycles. The Morgan fingerprint density at radius 1 is 1.21 bits per heavy atom. The molecular formula is C23H25N9O2. The van der Waals surface area contributed by atoms with Crippen LogP contribution in [-0.4, -0.2) is 58.7 Å². The zero-order chi connectivity index (χ0) is 23.1. The minimum Gasteiger partial charge on any atom is -0.493 e. The van der Waals surface area contributed by atoms with Gasteiger partial charge in [-0.05, 0) is 62.5 Å². The van der Waals surface area contributed by atoms with Crippen molar-refractivity contribution < 1.29 is 5.11 Å². The van der Waals surface area contributed by atoms with Crippen LogP contribution < -0.4 is 21.8 Å². The number of nitrogens with one attached hydrogen (secondary N) is 3. The second kappa shape index (κ2) is 8.41. The third kappa shape index (κ3) is 4.29. The van der Waals surface area contributed by atoms with Gasteiger partial charge in [-0.3, -0.25) is 9.88 Å². The number of H-pyrrole nitrogens is 2. The highest BCUT2D eigenvalue weighted by Gasteiger charge is 2.21. The summed E-state index contributed by atoms with van der Waals surface area (Å²) in [5, 5.41) is 18.3. The Kier molecular flexibility index (Phi) is 5.10. The van der Waals surface area contributed by atoms with Crippen LogP contribution in [0.4, 0.5) is 11.6 Å². The van der Waals surface area contributed by atoms with Crippen molar-refractivity contribution in [2.24, 2.45) is 4.99 Å². The normalized spacial score (nSPS) is 17.8. The van der Waals surface area contributed by atoms with E-state index in [-0.39, 0.29) is 17.6 Å². The molecule has 2 aliphatic rings. The average Bonchev–Trinajstić information content (AvgIpc) is 3.15. The van der Waals surface area contributed by atoms with Gasteiger partial charge in [0.25, 0.3) is 5.62 Å². The van der Waals surface area contributed by atoms with E-state index in [4.69, 9.17) is 4.99 Å². The Morgan fingerprint density at radius 3 is 2.82 bits per heavy atom. The highest BCUT2D eigenvalue weighted by atomic mass is 16.3. The molecule has 1 aromatic carbocycles. The van der Waals surface area contributed by atoms with Gasteiger partial charge in [-0.25, -0.2) is 9.79 Å². The summed E-state index contributed by atoms with van der Waals surface area (Å²) in [5.41, 5.74) is 2.89. The molecule has 11 nitrogen and oxygen atoms in total. The summed E-state index contributed by atoms with van der Waals surface area (Å²) in [4.78, 5) is 32.8. The lowest BCUT2D eigenvalue weighted by Gasteiger charge is -2.15. The van der Waals surface area contributed by atoms with Crippen LogP contribution in [0.15, 0.2) is 40.2 Å². The first-order valence-electron chi connectivity index (χ1n) is 11.5. The van der Waals surface area contributed by atoms with Crippen molar-refractivity contribution in [2.45, 2.75) is 38.3 Å². The van der Waals surface area contributed by atoms with Gasteiger partial charge in [0.1, 0.15) is 5.69 Å². The van der Waals surface area contributed by atoms with Gasteiger partial charge in [-0.2, -0.15) is 19.6 Å². The maximum Gasteiger partial charge on any atom is 0.326 e. The van der Waals surface area contributed by atoms with E-state index in [1.807, 2.05) is 12.1 Å². The van der Waals surface area contributed by atoms with Gasteiger partial charge >= 0.3 is 5.69 Å². The van der Waals surface area contributed by atoms with Gasteiger partial charge in [0.15, 0.2) is 5.65 Å². The lowest BCUT2D eigenvalue weighted by atomic mass is 10.2. The Bertz CT molecular complexity index is 1520. The van der Waals surface area contributed by atoms with Gasteiger partial charge in [0.2, 0.25) is 11.8 Å². The van der Waals surface area contributed by atoms with Crippen LogP contribution in [0, 0.1) is 0 Å². The highest BCUT2D eigenvalue weighted by Crippen LogP contribution is 2.22. The Hall–Kier alpha value is -3.99. The summed E-state index contributed by atoms with van der Waals surface area (Å²) < 4.78 is 1.58. The number of nitrogens with zero attached hydrogens (tertiary/aromatic N) is 6. The zero-order valence-electron chi connectivity index (χ0n) is 18.5. The van der Waals surface area contributed by atoms with Crippen molar-refractivity contribution >= 4 is 23.4 Å². The molecule has 0 atom stereocenters. The minimum absolute atomic E-state index is 0.241. The van der Waals surface area contributed by atoms with E-state index in [9.17, 15) is 9.90 Å². The van der Waals surface area contributed by atoms with Crippen LogP contribution >= 0.6 is 0 Å². The molecular weight excluding hydrogens is 434 g/mol. The van der Waals surface area contributed by atoms with Gasteiger partial charge in [0.05, 0.1) is 12.2 Å².